The van der Waals surface area contributed by atoms with E-state index in [2.05, 4.69) is 10.0 Å². The van der Waals surface area contributed by atoms with Crippen LogP contribution in [0.4, 0.5) is 11.4 Å². The van der Waals surface area contributed by atoms with Gasteiger partial charge in [-0.2, -0.15) is 0 Å². The first-order chi connectivity index (χ1) is 14.7. The molecule has 0 fully saturated rings. The van der Waals surface area contributed by atoms with Crippen LogP contribution in [0, 0.1) is 17.0 Å². The van der Waals surface area contributed by atoms with Crippen LogP contribution in [-0.4, -0.2) is 25.8 Å². The number of benzene rings is 3. The molecule has 160 valence electrons. The number of non-ortho nitro benzene ring substituents is 1. The Balaban J connectivity index is 1.60. The molecule has 0 heterocycles. The van der Waals surface area contributed by atoms with Gasteiger partial charge in [0, 0.05) is 29.9 Å². The molecule has 31 heavy (non-hydrogen) atoms. The van der Waals surface area contributed by atoms with Crippen LogP contribution in [-0.2, 0) is 16.4 Å². The zero-order valence-corrected chi connectivity index (χ0v) is 17.6. The molecule has 8 nitrogen and oxygen atoms in total. The van der Waals surface area contributed by atoms with E-state index in [0.717, 1.165) is 11.1 Å². The van der Waals surface area contributed by atoms with Crippen molar-refractivity contribution in [1.29, 1.82) is 0 Å². The summed E-state index contributed by atoms with van der Waals surface area (Å²) in [6, 6.07) is 18.8. The Morgan fingerprint density at radius 3 is 2.32 bits per heavy atom. The van der Waals surface area contributed by atoms with Crippen LogP contribution < -0.4 is 10.0 Å². The van der Waals surface area contributed by atoms with Gasteiger partial charge in [-0.15, -0.1) is 0 Å². The smallest absolute Gasteiger partial charge is 0.269 e. The van der Waals surface area contributed by atoms with Gasteiger partial charge in [0.15, 0.2) is 0 Å². The summed E-state index contributed by atoms with van der Waals surface area (Å²) in [7, 11) is -3.76. The quantitative estimate of drug-likeness (QED) is 0.410. The van der Waals surface area contributed by atoms with Crippen molar-refractivity contribution in [2.75, 3.05) is 11.3 Å². The number of nitro benzene ring substituents is 1. The molecular formula is C22H21N3O5S. The van der Waals surface area contributed by atoms with Crippen molar-refractivity contribution in [3.05, 3.63) is 99.6 Å². The van der Waals surface area contributed by atoms with E-state index < -0.39 is 14.9 Å². The Labute approximate surface area is 180 Å². The van der Waals surface area contributed by atoms with E-state index in [1.54, 1.807) is 42.5 Å². The second-order valence-corrected chi connectivity index (χ2v) is 8.61. The second kappa shape index (κ2) is 9.40. The first-order valence-corrected chi connectivity index (χ1v) is 10.9. The predicted molar refractivity (Wildman–Crippen MR) is 118 cm³/mol. The van der Waals surface area contributed by atoms with Gasteiger partial charge in [0.05, 0.1) is 9.82 Å². The predicted octanol–water partition coefficient (Wildman–Crippen LogP) is 3.68. The van der Waals surface area contributed by atoms with E-state index in [0.29, 0.717) is 18.5 Å². The third-order valence-corrected chi connectivity index (χ3v) is 5.95. The topological polar surface area (TPSA) is 118 Å². The Bertz CT molecular complexity index is 1190. The highest BCUT2D eigenvalue weighted by Gasteiger charge is 2.15. The lowest BCUT2D eigenvalue weighted by molar-refractivity contribution is -0.384. The highest BCUT2D eigenvalue weighted by molar-refractivity contribution is 7.92. The Hall–Kier alpha value is -3.72. The molecule has 0 aliphatic carbocycles. The SMILES string of the molecule is Cc1ccc(S(=O)(=O)Nc2cccc(C(=O)NCCc3ccc([N+](=O)[O-])cc3)c2)cc1. The zero-order valence-electron chi connectivity index (χ0n) is 16.7. The number of amides is 1. The van der Waals surface area contributed by atoms with Gasteiger partial charge >= 0.3 is 0 Å². The van der Waals surface area contributed by atoms with Gasteiger partial charge in [0.1, 0.15) is 0 Å². The van der Waals surface area contributed by atoms with E-state index in [1.165, 1.54) is 30.3 Å². The number of hydrogen-bond acceptors (Lipinski definition) is 5. The number of carbonyl (C=O) groups is 1. The van der Waals surface area contributed by atoms with Crippen LogP contribution in [0.1, 0.15) is 21.5 Å². The lowest BCUT2D eigenvalue weighted by Gasteiger charge is -2.10. The molecule has 3 aromatic rings. The van der Waals surface area contributed by atoms with Crippen LogP contribution in [0.3, 0.4) is 0 Å². The second-order valence-electron chi connectivity index (χ2n) is 6.93. The Morgan fingerprint density at radius 2 is 1.68 bits per heavy atom. The first kappa shape index (κ1) is 22.0. The number of sulfonamides is 1. The molecule has 3 aromatic carbocycles. The molecule has 2 N–H and O–H groups in total. The molecule has 0 saturated heterocycles. The third-order valence-electron chi connectivity index (χ3n) is 4.55. The van der Waals surface area contributed by atoms with E-state index in [9.17, 15) is 23.3 Å². The molecule has 0 aliphatic rings. The summed E-state index contributed by atoms with van der Waals surface area (Å²) < 4.78 is 27.6. The number of anilines is 1. The highest BCUT2D eigenvalue weighted by atomic mass is 32.2. The monoisotopic (exact) mass is 439 g/mol. The normalized spacial score (nSPS) is 11.0. The molecule has 0 radical (unpaired) electrons. The van der Waals surface area contributed by atoms with E-state index in [4.69, 9.17) is 0 Å². The number of nitro groups is 1. The maximum absolute atomic E-state index is 12.5. The van der Waals surface area contributed by atoms with Crippen LogP contribution >= 0.6 is 0 Å². The zero-order chi connectivity index (χ0) is 22.4. The van der Waals surface area contributed by atoms with Gasteiger partial charge in [-0.05, 0) is 49.2 Å². The average Bonchev–Trinajstić information content (AvgIpc) is 2.74. The van der Waals surface area contributed by atoms with Crippen LogP contribution in [0.15, 0.2) is 77.7 Å². The van der Waals surface area contributed by atoms with Crippen LogP contribution in [0.25, 0.3) is 0 Å². The van der Waals surface area contributed by atoms with E-state index in [-0.39, 0.29) is 22.2 Å². The largest absolute Gasteiger partial charge is 0.352 e. The van der Waals surface area contributed by atoms with Crippen molar-refractivity contribution < 1.29 is 18.1 Å². The number of nitrogens with one attached hydrogen (secondary N) is 2. The summed E-state index contributed by atoms with van der Waals surface area (Å²) >= 11 is 0. The molecule has 0 saturated carbocycles. The maximum atomic E-state index is 12.5. The van der Waals surface area contributed by atoms with Gasteiger partial charge in [0.2, 0.25) is 0 Å². The van der Waals surface area contributed by atoms with Crippen molar-refractivity contribution >= 4 is 27.3 Å². The fraction of sp³-hybridized carbons (Fsp3) is 0.136. The van der Waals surface area contributed by atoms with Crippen molar-refractivity contribution in [2.24, 2.45) is 0 Å². The summed E-state index contributed by atoms with van der Waals surface area (Å²) in [5.41, 5.74) is 2.41. The van der Waals surface area contributed by atoms with Gasteiger partial charge in [-0.3, -0.25) is 19.6 Å². The number of rotatable bonds is 8. The number of carbonyl (C=O) groups excluding carboxylic acids is 1. The fourth-order valence-corrected chi connectivity index (χ4v) is 3.91. The summed E-state index contributed by atoms with van der Waals surface area (Å²) in [6.07, 6.45) is 0.503. The van der Waals surface area contributed by atoms with Gasteiger partial charge in [-0.25, -0.2) is 8.42 Å². The fourth-order valence-electron chi connectivity index (χ4n) is 2.86. The average molecular weight is 439 g/mol. The minimum Gasteiger partial charge on any atom is -0.352 e. The highest BCUT2D eigenvalue weighted by Crippen LogP contribution is 2.18. The summed E-state index contributed by atoms with van der Waals surface area (Å²) in [6.45, 7) is 2.20. The molecule has 0 atom stereocenters. The van der Waals surface area contributed by atoms with E-state index >= 15 is 0 Å². The van der Waals surface area contributed by atoms with Crippen molar-refractivity contribution in [3.8, 4) is 0 Å². The Kier molecular flexibility index (Phi) is 6.66. The standard InChI is InChI=1S/C22H21N3O5S/c1-16-5-11-21(12-6-16)31(29,30)24-19-4-2-3-18(15-19)22(26)23-14-13-17-7-9-20(10-8-17)25(27)28/h2-12,15,24H,13-14H2,1H3,(H,23,26). The lowest BCUT2D eigenvalue weighted by atomic mass is 10.1. The first-order valence-electron chi connectivity index (χ1n) is 9.46. The number of aryl methyl sites for hydroxylation is 1. The number of nitrogens with zero attached hydrogens (tertiary/aromatic N) is 1. The third kappa shape index (κ3) is 5.89. The van der Waals surface area contributed by atoms with Crippen molar-refractivity contribution in [2.45, 2.75) is 18.2 Å². The Morgan fingerprint density at radius 1 is 1.00 bits per heavy atom. The molecule has 0 bridgehead atoms. The molecule has 0 spiro atoms. The van der Waals surface area contributed by atoms with Gasteiger partial charge < -0.3 is 5.32 Å². The maximum Gasteiger partial charge on any atom is 0.269 e. The molecule has 0 unspecified atom stereocenters. The van der Waals surface area contributed by atoms with Crippen LogP contribution in [0.2, 0.25) is 0 Å². The molecule has 0 aliphatic heterocycles. The molecule has 1 amide bonds. The van der Waals surface area contributed by atoms with E-state index in [1.807, 2.05) is 6.92 Å². The van der Waals surface area contributed by atoms with Gasteiger partial charge in [-0.1, -0.05) is 35.9 Å². The lowest BCUT2D eigenvalue weighted by Crippen LogP contribution is -2.25. The molecular weight excluding hydrogens is 418 g/mol. The molecule has 0 aromatic heterocycles. The molecule has 9 heteroatoms. The minimum atomic E-state index is -3.76. The summed E-state index contributed by atoms with van der Waals surface area (Å²) in [5.74, 6) is -0.349. The van der Waals surface area contributed by atoms with Crippen molar-refractivity contribution in [3.63, 3.8) is 0 Å². The van der Waals surface area contributed by atoms with Crippen molar-refractivity contribution in [1.82, 2.24) is 5.32 Å². The van der Waals surface area contributed by atoms with Gasteiger partial charge in [0.25, 0.3) is 21.6 Å². The minimum absolute atomic E-state index is 0.0118. The van der Waals surface area contributed by atoms with Crippen LogP contribution in [0.5, 0.6) is 0 Å². The summed E-state index contributed by atoms with van der Waals surface area (Å²) in [5, 5.41) is 13.4. The molecule has 3 rings (SSSR count). The summed E-state index contributed by atoms with van der Waals surface area (Å²) in [4.78, 5) is 22.8. The number of hydrogen-bond donors (Lipinski definition) is 2.